The van der Waals surface area contributed by atoms with Crippen LogP contribution in [0.4, 0.5) is 0 Å². The van der Waals surface area contributed by atoms with Crippen molar-refractivity contribution in [2.24, 2.45) is 0 Å². The van der Waals surface area contributed by atoms with Crippen LogP contribution in [-0.2, 0) is 4.79 Å². The largest absolute Gasteiger partial charge is 0.299 e. The molecule has 1 aromatic rings. The van der Waals surface area contributed by atoms with Crippen LogP contribution in [0.3, 0.4) is 0 Å². The SMILES string of the molecule is O=C1CC2C=CC1c1ccc(Br)cc12. The Kier molecular flexibility index (Phi) is 1.68. The van der Waals surface area contributed by atoms with Crippen LogP contribution in [-0.4, -0.2) is 5.78 Å². The zero-order chi connectivity index (χ0) is 9.71. The predicted octanol–water partition coefficient (Wildman–Crippen LogP) is 3.16. The summed E-state index contributed by atoms with van der Waals surface area (Å²) in [5, 5.41) is 0. The van der Waals surface area contributed by atoms with Crippen molar-refractivity contribution in [2.75, 3.05) is 0 Å². The molecule has 0 N–H and O–H groups in total. The molecule has 0 aromatic heterocycles. The Bertz CT molecular complexity index is 448. The summed E-state index contributed by atoms with van der Waals surface area (Å²) >= 11 is 3.47. The second-order valence-corrected chi connectivity index (χ2v) is 4.83. The van der Waals surface area contributed by atoms with Crippen LogP contribution in [0.2, 0.25) is 0 Å². The molecule has 0 fully saturated rings. The second kappa shape index (κ2) is 2.80. The first-order valence-corrected chi connectivity index (χ1v) is 5.55. The lowest BCUT2D eigenvalue weighted by Crippen LogP contribution is -2.25. The van der Waals surface area contributed by atoms with Crippen molar-refractivity contribution >= 4 is 21.7 Å². The highest BCUT2D eigenvalue weighted by Gasteiger charge is 2.34. The van der Waals surface area contributed by atoms with E-state index < -0.39 is 0 Å². The Labute approximate surface area is 90.9 Å². The minimum Gasteiger partial charge on any atom is -0.299 e. The van der Waals surface area contributed by atoms with Crippen LogP contribution in [0.1, 0.15) is 29.4 Å². The van der Waals surface area contributed by atoms with Gasteiger partial charge in [0.2, 0.25) is 0 Å². The Hall–Kier alpha value is -0.890. The smallest absolute Gasteiger partial charge is 0.145 e. The zero-order valence-electron chi connectivity index (χ0n) is 7.53. The molecule has 2 heteroatoms. The van der Waals surface area contributed by atoms with Gasteiger partial charge in [0.25, 0.3) is 0 Å². The fourth-order valence-electron chi connectivity index (χ4n) is 2.41. The van der Waals surface area contributed by atoms with Crippen LogP contribution in [0, 0.1) is 0 Å². The number of Topliss-reactive ketones (excluding diaryl/α,β-unsaturated/α-hetero) is 1. The maximum absolute atomic E-state index is 11.6. The van der Waals surface area contributed by atoms with E-state index in [1.165, 1.54) is 11.1 Å². The number of benzene rings is 1. The standard InChI is InChI=1S/C12H9BrO/c13-8-2-4-9-10-3-1-7(5-12(10)14)11(9)6-8/h1-4,6-7,10H,5H2. The molecule has 0 saturated heterocycles. The molecule has 3 aliphatic rings. The number of halogens is 1. The first kappa shape index (κ1) is 8.42. The third kappa shape index (κ3) is 1.04. The highest BCUT2D eigenvalue weighted by Crippen LogP contribution is 2.43. The van der Waals surface area contributed by atoms with E-state index in [1.807, 2.05) is 12.1 Å². The van der Waals surface area contributed by atoms with Gasteiger partial charge in [0.1, 0.15) is 5.78 Å². The minimum absolute atomic E-state index is 0.0306. The lowest BCUT2D eigenvalue weighted by atomic mass is 9.71. The van der Waals surface area contributed by atoms with Crippen LogP contribution in [0.25, 0.3) is 0 Å². The monoisotopic (exact) mass is 248 g/mol. The van der Waals surface area contributed by atoms with E-state index in [4.69, 9.17) is 0 Å². The maximum Gasteiger partial charge on any atom is 0.145 e. The Morgan fingerprint density at radius 1 is 1.21 bits per heavy atom. The summed E-state index contributed by atoms with van der Waals surface area (Å²) in [6.07, 6.45) is 4.90. The van der Waals surface area contributed by atoms with Crippen LogP contribution >= 0.6 is 15.9 Å². The molecular weight excluding hydrogens is 240 g/mol. The molecule has 1 aromatic carbocycles. The van der Waals surface area contributed by atoms with Crippen LogP contribution in [0.5, 0.6) is 0 Å². The summed E-state index contributed by atoms with van der Waals surface area (Å²) in [4.78, 5) is 11.6. The molecule has 4 rings (SSSR count). The number of rotatable bonds is 0. The number of hydrogen-bond donors (Lipinski definition) is 0. The van der Waals surface area contributed by atoms with Gasteiger partial charge in [-0.15, -0.1) is 0 Å². The van der Waals surface area contributed by atoms with Gasteiger partial charge in [0.05, 0.1) is 5.92 Å². The lowest BCUT2D eigenvalue weighted by molar-refractivity contribution is -0.120. The highest BCUT2D eigenvalue weighted by molar-refractivity contribution is 9.10. The van der Waals surface area contributed by atoms with E-state index in [2.05, 4.69) is 34.1 Å². The summed E-state index contributed by atoms with van der Waals surface area (Å²) in [5.41, 5.74) is 2.53. The van der Waals surface area contributed by atoms with Gasteiger partial charge in [-0.3, -0.25) is 4.79 Å². The summed E-state index contributed by atoms with van der Waals surface area (Å²) in [5.74, 6) is 0.718. The van der Waals surface area contributed by atoms with E-state index in [1.54, 1.807) is 0 Å². The molecule has 0 amide bonds. The van der Waals surface area contributed by atoms with E-state index in [9.17, 15) is 4.79 Å². The van der Waals surface area contributed by atoms with Gasteiger partial charge in [-0.25, -0.2) is 0 Å². The number of carbonyl (C=O) groups is 1. The number of ketones is 1. The Morgan fingerprint density at radius 3 is 2.86 bits per heavy atom. The van der Waals surface area contributed by atoms with Gasteiger partial charge in [-0.1, -0.05) is 34.1 Å². The molecule has 14 heavy (non-hydrogen) atoms. The zero-order valence-corrected chi connectivity index (χ0v) is 9.12. The molecule has 0 aliphatic heterocycles. The van der Waals surface area contributed by atoms with Gasteiger partial charge in [-0.05, 0) is 23.3 Å². The first-order valence-electron chi connectivity index (χ1n) is 4.76. The number of fused-ring (bicyclic) bond motifs is 1. The Balaban J connectivity index is 2.24. The molecule has 2 unspecified atom stereocenters. The average Bonchev–Trinajstić information content (AvgIpc) is 2.18. The van der Waals surface area contributed by atoms with E-state index in [-0.39, 0.29) is 5.92 Å². The molecule has 0 spiro atoms. The fraction of sp³-hybridized carbons (Fsp3) is 0.250. The van der Waals surface area contributed by atoms with E-state index in [0.29, 0.717) is 18.1 Å². The molecule has 3 aliphatic carbocycles. The summed E-state index contributed by atoms with van der Waals surface area (Å²) in [6.45, 7) is 0. The second-order valence-electron chi connectivity index (χ2n) is 3.91. The van der Waals surface area contributed by atoms with Crippen LogP contribution < -0.4 is 0 Å². The van der Waals surface area contributed by atoms with E-state index in [0.717, 1.165) is 4.47 Å². The summed E-state index contributed by atoms with van der Waals surface area (Å²) < 4.78 is 1.10. The molecular formula is C12H9BrO. The van der Waals surface area contributed by atoms with Gasteiger partial charge in [-0.2, -0.15) is 0 Å². The van der Waals surface area contributed by atoms with Crippen molar-refractivity contribution < 1.29 is 4.79 Å². The van der Waals surface area contributed by atoms with Crippen molar-refractivity contribution in [3.05, 3.63) is 46.0 Å². The molecule has 0 heterocycles. The van der Waals surface area contributed by atoms with E-state index >= 15 is 0 Å². The third-order valence-electron chi connectivity index (χ3n) is 3.09. The summed E-state index contributed by atoms with van der Waals surface area (Å²) in [7, 11) is 0. The van der Waals surface area contributed by atoms with Crippen molar-refractivity contribution in [1.82, 2.24) is 0 Å². The normalized spacial score (nSPS) is 27.9. The molecule has 1 nitrogen and oxygen atoms in total. The highest BCUT2D eigenvalue weighted by atomic mass is 79.9. The van der Waals surface area contributed by atoms with Gasteiger partial charge in [0.15, 0.2) is 0 Å². The topological polar surface area (TPSA) is 17.1 Å². The molecule has 70 valence electrons. The number of hydrogen-bond acceptors (Lipinski definition) is 1. The van der Waals surface area contributed by atoms with Crippen molar-refractivity contribution in [2.45, 2.75) is 18.3 Å². The predicted molar refractivity (Wildman–Crippen MR) is 58.4 cm³/mol. The number of allylic oxidation sites excluding steroid dienone is 2. The Morgan fingerprint density at radius 2 is 2.07 bits per heavy atom. The summed E-state index contributed by atoms with van der Waals surface area (Å²) in [6, 6.07) is 6.22. The maximum atomic E-state index is 11.6. The van der Waals surface area contributed by atoms with Gasteiger partial charge < -0.3 is 0 Å². The van der Waals surface area contributed by atoms with Gasteiger partial charge in [0, 0.05) is 16.8 Å². The van der Waals surface area contributed by atoms with Crippen molar-refractivity contribution in [3.8, 4) is 0 Å². The fourth-order valence-corrected chi connectivity index (χ4v) is 2.78. The first-order chi connectivity index (χ1) is 6.75. The third-order valence-corrected chi connectivity index (χ3v) is 3.58. The molecule has 2 bridgehead atoms. The minimum atomic E-state index is 0.0306. The van der Waals surface area contributed by atoms with Crippen molar-refractivity contribution in [1.29, 1.82) is 0 Å². The quantitative estimate of drug-likeness (QED) is 0.645. The van der Waals surface area contributed by atoms with Crippen molar-refractivity contribution in [3.63, 3.8) is 0 Å². The van der Waals surface area contributed by atoms with Crippen LogP contribution in [0.15, 0.2) is 34.8 Å². The number of carbonyl (C=O) groups excluding carboxylic acids is 1. The lowest BCUT2D eigenvalue weighted by Gasteiger charge is -2.32. The molecule has 0 saturated carbocycles. The average molecular weight is 249 g/mol. The molecule has 0 radical (unpaired) electrons. The molecule has 2 atom stereocenters. The van der Waals surface area contributed by atoms with Gasteiger partial charge >= 0.3 is 0 Å².